The largest absolute Gasteiger partial charge is 0.367 e. The molecular weight excluding hydrogens is 214 g/mol. The van der Waals surface area contributed by atoms with E-state index in [-0.39, 0.29) is 0 Å². The Balaban J connectivity index is 1.93. The van der Waals surface area contributed by atoms with Crippen LogP contribution in [-0.4, -0.2) is 21.7 Å². The maximum atomic E-state index is 8.87. The predicted octanol–water partition coefficient (Wildman–Crippen LogP) is 1.40. The van der Waals surface area contributed by atoms with Gasteiger partial charge < -0.3 is 5.32 Å². The minimum atomic E-state index is 0.506. The standard InChI is InChI=1S/C12H11N5/c13-8-11-4-7-16-17-12(11)15-6-3-10-2-1-5-14-9-10/h1-2,4-5,7,9H,3,6H2,(H,15,17). The van der Waals surface area contributed by atoms with Crippen molar-refractivity contribution in [2.45, 2.75) is 6.42 Å². The molecule has 0 fully saturated rings. The van der Waals surface area contributed by atoms with Crippen LogP contribution in [0.2, 0.25) is 0 Å². The summed E-state index contributed by atoms with van der Waals surface area (Å²) in [6, 6.07) is 7.62. The number of nitrogens with zero attached hydrogens (tertiary/aromatic N) is 4. The molecule has 0 saturated heterocycles. The Morgan fingerprint density at radius 2 is 2.24 bits per heavy atom. The Kier molecular flexibility index (Phi) is 3.61. The highest BCUT2D eigenvalue weighted by Crippen LogP contribution is 2.08. The van der Waals surface area contributed by atoms with Crippen LogP contribution in [-0.2, 0) is 6.42 Å². The minimum Gasteiger partial charge on any atom is -0.367 e. The van der Waals surface area contributed by atoms with E-state index in [1.54, 1.807) is 12.3 Å². The topological polar surface area (TPSA) is 74.5 Å². The van der Waals surface area contributed by atoms with Gasteiger partial charge in [-0.2, -0.15) is 10.4 Å². The zero-order valence-corrected chi connectivity index (χ0v) is 9.17. The van der Waals surface area contributed by atoms with Crippen LogP contribution in [0.4, 0.5) is 5.82 Å². The molecule has 0 atom stereocenters. The SMILES string of the molecule is N#Cc1ccnnc1NCCc1cccnc1. The molecular formula is C12H11N5. The van der Waals surface area contributed by atoms with Crippen LogP contribution in [0.5, 0.6) is 0 Å². The van der Waals surface area contributed by atoms with Gasteiger partial charge in [0.15, 0.2) is 5.82 Å². The van der Waals surface area contributed by atoms with Crippen LogP contribution in [0.25, 0.3) is 0 Å². The number of nitrogens with one attached hydrogen (secondary N) is 1. The average Bonchev–Trinajstić information content (AvgIpc) is 2.40. The zero-order valence-electron chi connectivity index (χ0n) is 9.17. The smallest absolute Gasteiger partial charge is 0.166 e. The number of rotatable bonds is 4. The van der Waals surface area contributed by atoms with E-state index in [0.717, 1.165) is 12.0 Å². The van der Waals surface area contributed by atoms with Crippen molar-refractivity contribution in [2.75, 3.05) is 11.9 Å². The summed E-state index contributed by atoms with van der Waals surface area (Å²) in [5, 5.41) is 19.6. The normalized spacial score (nSPS) is 9.59. The highest BCUT2D eigenvalue weighted by Gasteiger charge is 2.01. The summed E-state index contributed by atoms with van der Waals surface area (Å²) < 4.78 is 0. The number of hydrogen-bond acceptors (Lipinski definition) is 5. The second-order valence-corrected chi connectivity index (χ2v) is 3.44. The molecule has 0 aromatic carbocycles. The Bertz CT molecular complexity index is 518. The summed E-state index contributed by atoms with van der Waals surface area (Å²) in [5.41, 5.74) is 1.65. The van der Waals surface area contributed by atoms with Gasteiger partial charge >= 0.3 is 0 Å². The fourth-order valence-corrected chi connectivity index (χ4v) is 1.42. The van der Waals surface area contributed by atoms with Crippen LogP contribution in [0.15, 0.2) is 36.8 Å². The summed E-state index contributed by atoms with van der Waals surface area (Å²) in [7, 11) is 0. The van der Waals surface area contributed by atoms with Crippen LogP contribution in [0.3, 0.4) is 0 Å². The molecule has 0 aliphatic carbocycles. The van der Waals surface area contributed by atoms with E-state index in [1.165, 1.54) is 6.20 Å². The third-order valence-electron chi connectivity index (χ3n) is 2.27. The Hall–Kier alpha value is -2.48. The summed E-state index contributed by atoms with van der Waals surface area (Å²) in [6.45, 7) is 0.694. The van der Waals surface area contributed by atoms with Crippen molar-refractivity contribution in [3.8, 4) is 6.07 Å². The van der Waals surface area contributed by atoms with E-state index >= 15 is 0 Å². The molecule has 17 heavy (non-hydrogen) atoms. The molecule has 0 spiro atoms. The van der Waals surface area contributed by atoms with E-state index in [0.29, 0.717) is 17.9 Å². The Morgan fingerprint density at radius 3 is 3.00 bits per heavy atom. The van der Waals surface area contributed by atoms with E-state index < -0.39 is 0 Å². The highest BCUT2D eigenvalue weighted by atomic mass is 15.2. The summed E-state index contributed by atoms with van der Waals surface area (Å²) in [5.74, 6) is 0.527. The van der Waals surface area contributed by atoms with Gasteiger partial charge in [0.1, 0.15) is 6.07 Å². The van der Waals surface area contributed by atoms with Gasteiger partial charge in [-0.25, -0.2) is 0 Å². The first kappa shape index (κ1) is 11.0. The first-order valence-electron chi connectivity index (χ1n) is 5.24. The summed E-state index contributed by atoms with van der Waals surface area (Å²) in [4.78, 5) is 4.04. The van der Waals surface area contributed by atoms with Crippen molar-refractivity contribution in [1.82, 2.24) is 15.2 Å². The third-order valence-corrected chi connectivity index (χ3v) is 2.27. The van der Waals surface area contributed by atoms with Crippen molar-refractivity contribution < 1.29 is 0 Å². The van der Waals surface area contributed by atoms with Crippen molar-refractivity contribution in [3.05, 3.63) is 47.9 Å². The van der Waals surface area contributed by atoms with Crippen LogP contribution in [0, 0.1) is 11.3 Å². The molecule has 2 aromatic rings. The molecule has 0 aliphatic rings. The molecule has 0 amide bonds. The van der Waals surface area contributed by atoms with Gasteiger partial charge in [0, 0.05) is 18.9 Å². The fourth-order valence-electron chi connectivity index (χ4n) is 1.42. The van der Waals surface area contributed by atoms with Crippen molar-refractivity contribution in [2.24, 2.45) is 0 Å². The van der Waals surface area contributed by atoms with E-state index in [9.17, 15) is 0 Å². The van der Waals surface area contributed by atoms with Gasteiger partial charge in [-0.1, -0.05) is 6.07 Å². The molecule has 1 N–H and O–H groups in total. The molecule has 84 valence electrons. The number of pyridine rings is 1. The molecule has 2 aromatic heterocycles. The minimum absolute atomic E-state index is 0.506. The zero-order chi connectivity index (χ0) is 11.9. The van der Waals surface area contributed by atoms with E-state index in [4.69, 9.17) is 5.26 Å². The van der Waals surface area contributed by atoms with Gasteiger partial charge in [0.25, 0.3) is 0 Å². The number of aromatic nitrogens is 3. The molecule has 5 heteroatoms. The van der Waals surface area contributed by atoms with Crippen LogP contribution in [0.1, 0.15) is 11.1 Å². The molecule has 0 aliphatic heterocycles. The maximum absolute atomic E-state index is 8.87. The maximum Gasteiger partial charge on any atom is 0.166 e. The lowest BCUT2D eigenvalue weighted by atomic mass is 10.2. The lowest BCUT2D eigenvalue weighted by Gasteiger charge is -2.05. The summed E-state index contributed by atoms with van der Waals surface area (Å²) >= 11 is 0. The number of anilines is 1. The van der Waals surface area contributed by atoms with Gasteiger partial charge in [-0.15, -0.1) is 5.10 Å². The van der Waals surface area contributed by atoms with Crippen molar-refractivity contribution in [3.63, 3.8) is 0 Å². The first-order valence-corrected chi connectivity index (χ1v) is 5.24. The number of hydrogen-bond donors (Lipinski definition) is 1. The molecule has 2 heterocycles. The second-order valence-electron chi connectivity index (χ2n) is 3.44. The highest BCUT2D eigenvalue weighted by molar-refractivity contribution is 5.50. The van der Waals surface area contributed by atoms with Gasteiger partial charge in [0.2, 0.25) is 0 Å². The van der Waals surface area contributed by atoms with Gasteiger partial charge in [-0.05, 0) is 24.1 Å². The number of nitriles is 1. The first-order chi connectivity index (χ1) is 8.40. The van der Waals surface area contributed by atoms with E-state index in [1.807, 2.05) is 18.3 Å². The fraction of sp³-hybridized carbons (Fsp3) is 0.167. The quantitative estimate of drug-likeness (QED) is 0.851. The molecule has 0 unspecified atom stereocenters. The van der Waals surface area contributed by atoms with Crippen molar-refractivity contribution in [1.29, 1.82) is 5.26 Å². The van der Waals surface area contributed by atoms with Gasteiger partial charge in [-0.3, -0.25) is 4.98 Å². The Labute approximate surface area is 99.2 Å². The monoisotopic (exact) mass is 225 g/mol. The lowest BCUT2D eigenvalue weighted by Crippen LogP contribution is -2.08. The molecule has 0 bridgehead atoms. The average molecular weight is 225 g/mol. The second kappa shape index (κ2) is 5.56. The molecule has 5 nitrogen and oxygen atoms in total. The third kappa shape index (κ3) is 2.98. The van der Waals surface area contributed by atoms with Crippen LogP contribution >= 0.6 is 0 Å². The van der Waals surface area contributed by atoms with E-state index in [2.05, 4.69) is 26.6 Å². The summed E-state index contributed by atoms with van der Waals surface area (Å²) in [6.07, 6.45) is 5.90. The molecule has 0 saturated carbocycles. The van der Waals surface area contributed by atoms with Crippen LogP contribution < -0.4 is 5.32 Å². The lowest BCUT2D eigenvalue weighted by molar-refractivity contribution is 0.957. The predicted molar refractivity (Wildman–Crippen MR) is 63.2 cm³/mol. The molecule has 0 radical (unpaired) electrons. The Morgan fingerprint density at radius 1 is 1.29 bits per heavy atom. The van der Waals surface area contributed by atoms with Crippen molar-refractivity contribution >= 4 is 5.82 Å². The molecule has 2 rings (SSSR count). The van der Waals surface area contributed by atoms with Gasteiger partial charge in [0.05, 0.1) is 11.8 Å².